The summed E-state index contributed by atoms with van der Waals surface area (Å²) in [6, 6.07) is 0. The van der Waals surface area contributed by atoms with Gasteiger partial charge in [-0.05, 0) is 44.4 Å². The molecule has 0 N–H and O–H groups in total. The molecule has 0 heterocycles. The van der Waals surface area contributed by atoms with Gasteiger partial charge in [0.25, 0.3) is 0 Å². The summed E-state index contributed by atoms with van der Waals surface area (Å²) >= 11 is 0. The van der Waals surface area contributed by atoms with Gasteiger partial charge >= 0.3 is 5.97 Å². The van der Waals surface area contributed by atoms with E-state index in [4.69, 9.17) is 9.47 Å². The number of fused-ring (bicyclic) bond motifs is 2. The van der Waals surface area contributed by atoms with Crippen LogP contribution in [0.4, 0.5) is 0 Å². The van der Waals surface area contributed by atoms with Crippen LogP contribution in [-0.2, 0) is 14.3 Å². The van der Waals surface area contributed by atoms with E-state index in [-0.39, 0.29) is 5.97 Å². The highest BCUT2D eigenvalue weighted by atomic mass is 16.5. The lowest BCUT2D eigenvalue weighted by molar-refractivity contribution is -0.139. The molecule has 90 valence electrons. The molecule has 0 amide bonds. The molecule has 0 radical (unpaired) electrons. The lowest BCUT2D eigenvalue weighted by atomic mass is 9.98. The van der Waals surface area contributed by atoms with Gasteiger partial charge in [0.05, 0.1) is 24.9 Å². The third-order valence-electron chi connectivity index (χ3n) is 3.71. The quantitative estimate of drug-likeness (QED) is 0.531. The summed E-state index contributed by atoms with van der Waals surface area (Å²) in [5.74, 6) is 1.26. The van der Waals surface area contributed by atoms with E-state index >= 15 is 0 Å². The maximum absolute atomic E-state index is 11.3. The molecule has 3 unspecified atom stereocenters. The van der Waals surface area contributed by atoms with Gasteiger partial charge in [-0.1, -0.05) is 6.58 Å². The normalized spacial score (nSPS) is 31.7. The predicted octanol–water partition coefficient (Wildman–Crippen LogP) is 2.31. The van der Waals surface area contributed by atoms with E-state index in [1.54, 1.807) is 6.92 Å². The molecule has 2 bridgehead atoms. The summed E-state index contributed by atoms with van der Waals surface area (Å²) in [6.45, 7) is 6.21. The molecule has 3 heteroatoms. The van der Waals surface area contributed by atoms with Gasteiger partial charge in [0.2, 0.25) is 0 Å². The number of hydrogen-bond donors (Lipinski definition) is 0. The van der Waals surface area contributed by atoms with Crippen molar-refractivity contribution in [2.75, 3.05) is 13.2 Å². The molecule has 0 saturated heterocycles. The van der Waals surface area contributed by atoms with Crippen LogP contribution in [0.25, 0.3) is 0 Å². The maximum atomic E-state index is 11.3. The predicted molar refractivity (Wildman–Crippen MR) is 61.0 cm³/mol. The van der Waals surface area contributed by atoms with Gasteiger partial charge in [-0.25, -0.2) is 4.79 Å². The van der Waals surface area contributed by atoms with Crippen molar-refractivity contribution in [3.05, 3.63) is 12.2 Å². The zero-order valence-corrected chi connectivity index (χ0v) is 9.91. The molecule has 0 aliphatic heterocycles. The van der Waals surface area contributed by atoms with Crippen LogP contribution < -0.4 is 0 Å². The van der Waals surface area contributed by atoms with Gasteiger partial charge < -0.3 is 9.47 Å². The molecule has 16 heavy (non-hydrogen) atoms. The van der Waals surface area contributed by atoms with Gasteiger partial charge in [0.15, 0.2) is 0 Å². The lowest BCUT2D eigenvalue weighted by Gasteiger charge is -2.22. The number of ether oxygens (including phenoxy) is 2. The van der Waals surface area contributed by atoms with E-state index in [1.807, 2.05) is 0 Å². The average molecular weight is 224 g/mol. The number of hydrogen-bond acceptors (Lipinski definition) is 3. The molecule has 0 aromatic rings. The lowest BCUT2D eigenvalue weighted by Crippen LogP contribution is -2.23. The fraction of sp³-hybridized carbons (Fsp3) is 0.769. The molecule has 2 saturated carbocycles. The minimum Gasteiger partial charge on any atom is -0.463 e. The summed E-state index contributed by atoms with van der Waals surface area (Å²) < 4.78 is 10.6. The van der Waals surface area contributed by atoms with E-state index in [0.717, 1.165) is 11.8 Å². The zero-order valence-electron chi connectivity index (χ0n) is 9.91. The molecular formula is C13H20O3. The zero-order chi connectivity index (χ0) is 11.5. The van der Waals surface area contributed by atoms with Crippen molar-refractivity contribution in [2.24, 2.45) is 11.8 Å². The minimum atomic E-state index is -0.328. The molecule has 2 aliphatic carbocycles. The van der Waals surface area contributed by atoms with Gasteiger partial charge in [-0.15, -0.1) is 0 Å². The molecule has 2 fully saturated rings. The Labute approximate surface area is 96.8 Å². The maximum Gasteiger partial charge on any atom is 0.335 e. The third kappa shape index (κ3) is 2.46. The highest BCUT2D eigenvalue weighted by Gasteiger charge is 2.40. The Morgan fingerprint density at radius 1 is 1.38 bits per heavy atom. The Kier molecular flexibility index (Phi) is 3.64. The summed E-state index contributed by atoms with van der Waals surface area (Å²) in [4.78, 5) is 11.3. The van der Waals surface area contributed by atoms with Crippen LogP contribution >= 0.6 is 0 Å². The Hall–Kier alpha value is -0.830. The summed E-state index contributed by atoms with van der Waals surface area (Å²) in [5.41, 5.74) is 0.435. The molecule has 2 aliphatic rings. The van der Waals surface area contributed by atoms with Crippen LogP contribution in [0.1, 0.15) is 32.6 Å². The number of rotatable bonds is 5. The number of esters is 1. The van der Waals surface area contributed by atoms with Crippen molar-refractivity contribution in [3.63, 3.8) is 0 Å². The largest absolute Gasteiger partial charge is 0.463 e. The minimum absolute atomic E-state index is 0.326. The molecular weight excluding hydrogens is 204 g/mol. The fourth-order valence-electron chi connectivity index (χ4n) is 2.89. The second-order valence-corrected chi connectivity index (χ2v) is 4.85. The number of carbonyl (C=O) groups is 1. The smallest absolute Gasteiger partial charge is 0.335 e. The van der Waals surface area contributed by atoms with E-state index < -0.39 is 0 Å². The Morgan fingerprint density at radius 2 is 2.19 bits per heavy atom. The van der Waals surface area contributed by atoms with E-state index in [9.17, 15) is 4.79 Å². The standard InChI is InChI=1S/C13H20O3/c1-3-15-13(14)9(2)8-16-12-7-10-4-5-11(12)6-10/h10-12H,2-8H2,1H3. The van der Waals surface area contributed by atoms with Crippen LogP contribution in [-0.4, -0.2) is 25.3 Å². The van der Waals surface area contributed by atoms with Crippen molar-refractivity contribution in [1.29, 1.82) is 0 Å². The average Bonchev–Trinajstić information content (AvgIpc) is 2.87. The summed E-state index contributed by atoms with van der Waals surface area (Å²) in [7, 11) is 0. The van der Waals surface area contributed by atoms with Gasteiger partial charge in [0.1, 0.15) is 0 Å². The first kappa shape index (κ1) is 11.6. The second-order valence-electron chi connectivity index (χ2n) is 4.85. The third-order valence-corrected chi connectivity index (χ3v) is 3.71. The van der Waals surface area contributed by atoms with E-state index in [1.165, 1.54) is 25.7 Å². The van der Waals surface area contributed by atoms with Crippen LogP contribution in [0, 0.1) is 11.8 Å². The van der Waals surface area contributed by atoms with Crippen LogP contribution in [0.15, 0.2) is 12.2 Å². The Morgan fingerprint density at radius 3 is 2.75 bits per heavy atom. The van der Waals surface area contributed by atoms with Gasteiger partial charge in [-0.2, -0.15) is 0 Å². The first-order valence-electron chi connectivity index (χ1n) is 6.17. The molecule has 3 nitrogen and oxygen atoms in total. The van der Waals surface area contributed by atoms with Crippen molar-refractivity contribution in [2.45, 2.75) is 38.7 Å². The van der Waals surface area contributed by atoms with E-state index in [2.05, 4.69) is 6.58 Å². The summed E-state index contributed by atoms with van der Waals surface area (Å²) in [6.07, 6.45) is 5.49. The van der Waals surface area contributed by atoms with Crippen molar-refractivity contribution in [3.8, 4) is 0 Å². The monoisotopic (exact) mass is 224 g/mol. The number of carbonyl (C=O) groups excluding carboxylic acids is 1. The highest BCUT2D eigenvalue weighted by molar-refractivity contribution is 5.87. The molecule has 2 rings (SSSR count). The Balaban J connectivity index is 1.71. The second kappa shape index (κ2) is 5.00. The van der Waals surface area contributed by atoms with Crippen LogP contribution in [0.2, 0.25) is 0 Å². The Bertz CT molecular complexity index is 285. The molecule has 3 atom stereocenters. The van der Waals surface area contributed by atoms with Gasteiger partial charge in [-0.3, -0.25) is 0 Å². The first-order valence-corrected chi connectivity index (χ1v) is 6.17. The van der Waals surface area contributed by atoms with Gasteiger partial charge in [0, 0.05) is 0 Å². The van der Waals surface area contributed by atoms with Crippen molar-refractivity contribution in [1.82, 2.24) is 0 Å². The highest BCUT2D eigenvalue weighted by Crippen LogP contribution is 2.45. The van der Waals surface area contributed by atoms with Crippen molar-refractivity contribution >= 4 is 5.97 Å². The van der Waals surface area contributed by atoms with Crippen LogP contribution in [0.5, 0.6) is 0 Å². The first-order chi connectivity index (χ1) is 7.70. The molecule has 0 aromatic heterocycles. The van der Waals surface area contributed by atoms with E-state index in [0.29, 0.717) is 24.9 Å². The van der Waals surface area contributed by atoms with Crippen molar-refractivity contribution < 1.29 is 14.3 Å². The SMILES string of the molecule is C=C(COC1CC2CCC1C2)C(=O)OCC. The summed E-state index contributed by atoms with van der Waals surface area (Å²) in [5, 5.41) is 0. The van der Waals surface area contributed by atoms with Crippen LogP contribution in [0.3, 0.4) is 0 Å². The molecule has 0 spiro atoms. The molecule has 0 aromatic carbocycles. The fourth-order valence-corrected chi connectivity index (χ4v) is 2.89. The topological polar surface area (TPSA) is 35.5 Å².